The maximum Gasteiger partial charge on any atom is 0.220 e. The summed E-state index contributed by atoms with van der Waals surface area (Å²) in [7, 11) is 4.07. The molecule has 0 aliphatic rings. The quantitative estimate of drug-likeness (QED) is 0.835. The van der Waals surface area contributed by atoms with Crippen molar-refractivity contribution < 1.29 is 4.79 Å². The van der Waals surface area contributed by atoms with Gasteiger partial charge < -0.3 is 10.2 Å². The summed E-state index contributed by atoms with van der Waals surface area (Å²) in [6.45, 7) is 5.03. The van der Waals surface area contributed by atoms with Gasteiger partial charge in [0.2, 0.25) is 5.91 Å². The van der Waals surface area contributed by atoms with Crippen molar-refractivity contribution in [2.24, 2.45) is 5.92 Å². The molecule has 112 valence electrons. The molecule has 0 aliphatic heterocycles. The van der Waals surface area contributed by atoms with Crippen molar-refractivity contribution in [3.05, 3.63) is 34.9 Å². The Bertz CT molecular complexity index is 415. The Kier molecular flexibility index (Phi) is 7.03. The molecule has 0 aromatic heterocycles. The first kappa shape index (κ1) is 17.0. The molecule has 1 amide bonds. The van der Waals surface area contributed by atoms with E-state index in [-0.39, 0.29) is 11.9 Å². The molecular formula is C16H25ClN2O. The fourth-order valence-corrected chi connectivity index (χ4v) is 2.15. The molecule has 1 N–H and O–H groups in total. The summed E-state index contributed by atoms with van der Waals surface area (Å²) in [5, 5.41) is 3.85. The van der Waals surface area contributed by atoms with E-state index in [9.17, 15) is 4.79 Å². The first-order valence-corrected chi connectivity index (χ1v) is 7.46. The van der Waals surface area contributed by atoms with Crippen molar-refractivity contribution in [1.29, 1.82) is 0 Å². The highest BCUT2D eigenvalue weighted by molar-refractivity contribution is 6.30. The van der Waals surface area contributed by atoms with Gasteiger partial charge in [-0.15, -0.1) is 0 Å². The van der Waals surface area contributed by atoms with Crippen LogP contribution in [0.25, 0.3) is 0 Å². The van der Waals surface area contributed by atoms with E-state index in [1.165, 1.54) is 0 Å². The Balaban J connectivity index is 2.74. The van der Waals surface area contributed by atoms with E-state index in [2.05, 4.69) is 24.1 Å². The van der Waals surface area contributed by atoms with Crippen LogP contribution in [0.1, 0.15) is 38.3 Å². The van der Waals surface area contributed by atoms with Gasteiger partial charge in [0.25, 0.3) is 0 Å². The molecule has 0 saturated carbocycles. The SMILES string of the molecule is CC(C)CC(=O)NC(CCN(C)C)c1ccc(Cl)cc1. The smallest absolute Gasteiger partial charge is 0.220 e. The molecule has 0 radical (unpaired) electrons. The summed E-state index contributed by atoms with van der Waals surface area (Å²) in [4.78, 5) is 14.1. The van der Waals surface area contributed by atoms with Gasteiger partial charge >= 0.3 is 0 Å². The van der Waals surface area contributed by atoms with Crippen LogP contribution in [0, 0.1) is 5.92 Å². The van der Waals surface area contributed by atoms with Crippen molar-refractivity contribution >= 4 is 17.5 Å². The van der Waals surface area contributed by atoms with Crippen LogP contribution in [0.5, 0.6) is 0 Å². The predicted molar refractivity (Wildman–Crippen MR) is 85.0 cm³/mol. The van der Waals surface area contributed by atoms with Crippen molar-refractivity contribution in [1.82, 2.24) is 10.2 Å². The van der Waals surface area contributed by atoms with Crippen LogP contribution in [0.4, 0.5) is 0 Å². The van der Waals surface area contributed by atoms with Gasteiger partial charge in [0.1, 0.15) is 0 Å². The number of nitrogens with zero attached hydrogens (tertiary/aromatic N) is 1. The molecular weight excluding hydrogens is 272 g/mol. The molecule has 1 aromatic rings. The Morgan fingerprint density at radius 1 is 1.25 bits per heavy atom. The summed E-state index contributed by atoms with van der Waals surface area (Å²) in [6, 6.07) is 7.75. The molecule has 1 unspecified atom stereocenters. The lowest BCUT2D eigenvalue weighted by molar-refractivity contribution is -0.122. The van der Waals surface area contributed by atoms with E-state index in [4.69, 9.17) is 11.6 Å². The highest BCUT2D eigenvalue weighted by Gasteiger charge is 2.15. The zero-order chi connectivity index (χ0) is 15.1. The van der Waals surface area contributed by atoms with Gasteiger partial charge in [-0.05, 0) is 50.7 Å². The number of benzene rings is 1. The third kappa shape index (κ3) is 6.40. The molecule has 1 aromatic carbocycles. The second-order valence-corrected chi connectivity index (χ2v) is 6.30. The van der Waals surface area contributed by atoms with Crippen LogP contribution in [-0.4, -0.2) is 31.4 Å². The molecule has 0 bridgehead atoms. The maximum absolute atomic E-state index is 12.0. The van der Waals surface area contributed by atoms with Crippen LogP contribution >= 0.6 is 11.6 Å². The molecule has 1 atom stereocenters. The molecule has 0 spiro atoms. The number of nitrogens with one attached hydrogen (secondary N) is 1. The lowest BCUT2D eigenvalue weighted by Crippen LogP contribution is -2.31. The number of hydrogen-bond acceptors (Lipinski definition) is 2. The first-order chi connectivity index (χ1) is 9.38. The van der Waals surface area contributed by atoms with E-state index in [1.807, 2.05) is 38.4 Å². The average Bonchev–Trinajstić information content (AvgIpc) is 2.34. The number of rotatable bonds is 7. The third-order valence-corrected chi connectivity index (χ3v) is 3.32. The van der Waals surface area contributed by atoms with Crippen LogP contribution in [-0.2, 0) is 4.79 Å². The highest BCUT2D eigenvalue weighted by atomic mass is 35.5. The van der Waals surface area contributed by atoms with Crippen LogP contribution in [0.3, 0.4) is 0 Å². The van der Waals surface area contributed by atoms with E-state index >= 15 is 0 Å². The second-order valence-electron chi connectivity index (χ2n) is 5.86. The normalized spacial score (nSPS) is 12.8. The van der Waals surface area contributed by atoms with Gasteiger partial charge in [-0.1, -0.05) is 37.6 Å². The summed E-state index contributed by atoms with van der Waals surface area (Å²) < 4.78 is 0. The lowest BCUT2D eigenvalue weighted by Gasteiger charge is -2.22. The van der Waals surface area contributed by atoms with Gasteiger partial charge in [0.05, 0.1) is 6.04 Å². The highest BCUT2D eigenvalue weighted by Crippen LogP contribution is 2.20. The van der Waals surface area contributed by atoms with Gasteiger partial charge in [-0.25, -0.2) is 0 Å². The third-order valence-electron chi connectivity index (χ3n) is 3.07. The number of hydrogen-bond donors (Lipinski definition) is 1. The van der Waals surface area contributed by atoms with Crippen molar-refractivity contribution in [2.45, 2.75) is 32.7 Å². The minimum absolute atomic E-state index is 0.0425. The Morgan fingerprint density at radius 3 is 2.35 bits per heavy atom. The molecule has 1 rings (SSSR count). The zero-order valence-electron chi connectivity index (χ0n) is 12.8. The molecule has 0 heterocycles. The Morgan fingerprint density at radius 2 is 1.85 bits per heavy atom. The molecule has 3 nitrogen and oxygen atoms in total. The Labute approximate surface area is 127 Å². The molecule has 0 aliphatic carbocycles. The van der Waals surface area contributed by atoms with Crippen LogP contribution in [0.2, 0.25) is 5.02 Å². The largest absolute Gasteiger partial charge is 0.349 e. The zero-order valence-corrected chi connectivity index (χ0v) is 13.6. The molecule has 4 heteroatoms. The van der Waals surface area contributed by atoms with Crippen molar-refractivity contribution in [3.63, 3.8) is 0 Å². The number of amides is 1. The van der Waals surface area contributed by atoms with Gasteiger partial charge in [-0.2, -0.15) is 0 Å². The summed E-state index contributed by atoms with van der Waals surface area (Å²) >= 11 is 5.92. The van der Waals surface area contributed by atoms with E-state index in [0.29, 0.717) is 17.4 Å². The van der Waals surface area contributed by atoms with Gasteiger partial charge in [-0.3, -0.25) is 4.79 Å². The molecule has 0 fully saturated rings. The predicted octanol–water partition coefficient (Wildman–Crippen LogP) is 3.50. The van der Waals surface area contributed by atoms with Crippen LogP contribution in [0.15, 0.2) is 24.3 Å². The second kappa shape index (κ2) is 8.28. The molecule has 20 heavy (non-hydrogen) atoms. The summed E-state index contributed by atoms with van der Waals surface area (Å²) in [5.74, 6) is 0.480. The number of halogens is 1. The van der Waals surface area contributed by atoms with E-state index in [1.54, 1.807) is 0 Å². The fraction of sp³-hybridized carbons (Fsp3) is 0.562. The first-order valence-electron chi connectivity index (χ1n) is 7.08. The number of carbonyl (C=O) groups excluding carboxylic acids is 1. The Hall–Kier alpha value is -1.06. The monoisotopic (exact) mass is 296 g/mol. The van der Waals surface area contributed by atoms with Gasteiger partial charge in [0, 0.05) is 11.4 Å². The van der Waals surface area contributed by atoms with E-state index in [0.717, 1.165) is 18.5 Å². The minimum Gasteiger partial charge on any atom is -0.349 e. The maximum atomic E-state index is 12.0. The number of carbonyl (C=O) groups is 1. The van der Waals surface area contributed by atoms with Crippen LogP contribution < -0.4 is 5.32 Å². The fourth-order valence-electron chi connectivity index (χ4n) is 2.03. The summed E-state index contributed by atoms with van der Waals surface area (Å²) in [6.07, 6.45) is 1.45. The molecule has 0 saturated heterocycles. The topological polar surface area (TPSA) is 32.3 Å². The minimum atomic E-state index is 0.0425. The average molecular weight is 297 g/mol. The van der Waals surface area contributed by atoms with Crippen molar-refractivity contribution in [2.75, 3.05) is 20.6 Å². The van der Waals surface area contributed by atoms with Crippen molar-refractivity contribution in [3.8, 4) is 0 Å². The summed E-state index contributed by atoms with van der Waals surface area (Å²) in [5.41, 5.74) is 1.10. The standard InChI is InChI=1S/C16H25ClN2O/c1-12(2)11-16(20)18-15(9-10-19(3)4)13-5-7-14(17)8-6-13/h5-8,12,15H,9-11H2,1-4H3,(H,18,20). The lowest BCUT2D eigenvalue weighted by atomic mass is 10.0. The van der Waals surface area contributed by atoms with Gasteiger partial charge in [0.15, 0.2) is 0 Å². The van der Waals surface area contributed by atoms with E-state index < -0.39 is 0 Å².